The van der Waals surface area contributed by atoms with Gasteiger partial charge in [-0.05, 0) is 55.4 Å². The summed E-state index contributed by atoms with van der Waals surface area (Å²) in [7, 11) is 3.55. The Morgan fingerprint density at radius 2 is 2.18 bits per heavy atom. The molecule has 1 heterocycles. The van der Waals surface area contributed by atoms with Crippen molar-refractivity contribution in [3.05, 3.63) is 64.2 Å². The van der Waals surface area contributed by atoms with E-state index >= 15 is 0 Å². The second kappa shape index (κ2) is 8.75. The highest BCUT2D eigenvalue weighted by Crippen LogP contribution is 2.62. The van der Waals surface area contributed by atoms with Crippen LogP contribution >= 0.6 is 0 Å². The molecule has 3 aliphatic rings. The number of aliphatic imine (C=N–C) groups is 1. The number of fused-ring (bicyclic) bond motifs is 3. The lowest BCUT2D eigenvalue weighted by atomic mass is 9.97. The molecule has 0 spiro atoms. The summed E-state index contributed by atoms with van der Waals surface area (Å²) in [5.41, 5.74) is 7.82. The van der Waals surface area contributed by atoms with Gasteiger partial charge in [0.25, 0.3) is 0 Å². The Labute approximate surface area is 199 Å². The van der Waals surface area contributed by atoms with Crippen molar-refractivity contribution in [2.24, 2.45) is 10.9 Å². The molecule has 8 heteroatoms. The molecule has 2 N–H and O–H groups in total. The van der Waals surface area contributed by atoms with Crippen molar-refractivity contribution < 1.29 is 14.4 Å². The maximum absolute atomic E-state index is 12.1. The molecule has 1 saturated carbocycles. The average Bonchev–Trinajstić information content (AvgIpc) is 3.31. The molecule has 2 aromatic rings. The molecule has 5 rings (SSSR count). The van der Waals surface area contributed by atoms with E-state index in [1.807, 2.05) is 26.0 Å². The molecule has 1 amide bonds. The van der Waals surface area contributed by atoms with Crippen LogP contribution in [0.5, 0.6) is 5.75 Å². The van der Waals surface area contributed by atoms with Crippen molar-refractivity contribution in [3.63, 3.8) is 0 Å². The van der Waals surface area contributed by atoms with E-state index in [1.165, 1.54) is 11.1 Å². The maximum atomic E-state index is 12.1. The second-order valence-electron chi connectivity index (χ2n) is 9.55. The van der Waals surface area contributed by atoms with Crippen molar-refractivity contribution >= 4 is 11.7 Å². The van der Waals surface area contributed by atoms with Gasteiger partial charge < -0.3 is 15.0 Å². The third-order valence-corrected chi connectivity index (χ3v) is 6.63. The molecule has 1 fully saturated rings. The van der Waals surface area contributed by atoms with Gasteiger partial charge in [-0.15, -0.1) is 0 Å². The molecular formula is C26H29N5O3. The highest BCUT2D eigenvalue weighted by atomic mass is 16.7. The number of carbonyl (C=O) groups excluding carboxylic acids is 1. The van der Waals surface area contributed by atoms with E-state index in [2.05, 4.69) is 29.0 Å². The van der Waals surface area contributed by atoms with E-state index in [1.54, 1.807) is 31.1 Å². The van der Waals surface area contributed by atoms with Crippen molar-refractivity contribution in [2.75, 3.05) is 20.6 Å². The number of amides is 1. The number of hydroxylamine groups is 1. The van der Waals surface area contributed by atoms with Crippen molar-refractivity contribution in [1.82, 2.24) is 15.7 Å². The van der Waals surface area contributed by atoms with Gasteiger partial charge in [-0.2, -0.15) is 5.26 Å². The Morgan fingerprint density at radius 1 is 1.35 bits per heavy atom. The van der Waals surface area contributed by atoms with Crippen LogP contribution in [0.15, 0.2) is 41.4 Å². The van der Waals surface area contributed by atoms with E-state index in [-0.39, 0.29) is 18.1 Å². The highest BCUT2D eigenvalue weighted by molar-refractivity contribution is 6.01. The first kappa shape index (κ1) is 22.4. The fraction of sp³-hybridized carbons (Fsp3) is 0.423. The van der Waals surface area contributed by atoms with E-state index in [9.17, 15) is 10.1 Å². The van der Waals surface area contributed by atoms with Crippen LogP contribution in [0.25, 0.3) is 0 Å². The Morgan fingerprint density at radius 3 is 2.91 bits per heavy atom. The normalized spacial score (nSPS) is 24.1. The SMILES string of the molecule is CC(C)Oc1ccc(C2N=C(c3cccc4c3C3CC3C4NCC(=O)N(C)C)NO2)cc1C#N. The largest absolute Gasteiger partial charge is 0.490 e. The Balaban J connectivity index is 1.39. The van der Waals surface area contributed by atoms with Gasteiger partial charge in [0.05, 0.1) is 18.2 Å². The summed E-state index contributed by atoms with van der Waals surface area (Å²) in [6.45, 7) is 4.18. The monoisotopic (exact) mass is 459 g/mol. The summed E-state index contributed by atoms with van der Waals surface area (Å²) in [5.74, 6) is 2.30. The first-order valence-corrected chi connectivity index (χ1v) is 11.6. The van der Waals surface area contributed by atoms with Crippen LogP contribution in [0.1, 0.15) is 66.3 Å². The van der Waals surface area contributed by atoms with E-state index in [0.29, 0.717) is 35.5 Å². The molecule has 0 bridgehead atoms. The number of benzene rings is 2. The molecule has 34 heavy (non-hydrogen) atoms. The molecule has 0 aromatic heterocycles. The maximum Gasteiger partial charge on any atom is 0.236 e. The predicted molar refractivity (Wildman–Crippen MR) is 127 cm³/mol. The summed E-state index contributed by atoms with van der Waals surface area (Å²) in [6, 6.07) is 14.1. The van der Waals surface area contributed by atoms with Gasteiger partial charge in [-0.25, -0.2) is 15.3 Å². The zero-order valence-corrected chi connectivity index (χ0v) is 19.8. The first-order valence-electron chi connectivity index (χ1n) is 11.6. The third kappa shape index (κ3) is 4.02. The van der Waals surface area contributed by atoms with E-state index in [0.717, 1.165) is 17.5 Å². The number of ether oxygens (including phenoxy) is 1. The molecule has 1 aliphatic heterocycles. The summed E-state index contributed by atoms with van der Waals surface area (Å²) in [5, 5.41) is 13.0. The zero-order chi connectivity index (χ0) is 24.0. The molecule has 8 nitrogen and oxygen atoms in total. The van der Waals surface area contributed by atoms with E-state index < -0.39 is 6.23 Å². The Hall–Kier alpha value is -3.41. The van der Waals surface area contributed by atoms with Crippen LogP contribution in [-0.4, -0.2) is 43.4 Å². The molecule has 4 unspecified atom stereocenters. The number of nitriles is 1. The standard InChI is InChI=1S/C26H29N5O3/c1-14(2)33-21-9-8-15(10-16(21)12-27)26-29-25(30-34-26)18-7-5-6-17-23(18)19-11-20(19)24(17)28-13-22(32)31(3)4/h5-10,14,19-20,24,26,28H,11,13H2,1-4H3,(H,29,30). The Bertz CT molecular complexity index is 1200. The lowest BCUT2D eigenvalue weighted by Gasteiger charge is -2.19. The van der Waals surface area contributed by atoms with Crippen molar-refractivity contribution in [2.45, 2.75) is 44.6 Å². The number of likely N-dealkylation sites (N-methyl/N-ethyl adjacent to an activating group) is 1. The minimum Gasteiger partial charge on any atom is -0.490 e. The van der Waals surface area contributed by atoms with E-state index in [4.69, 9.17) is 14.6 Å². The predicted octanol–water partition coefficient (Wildman–Crippen LogP) is 3.16. The lowest BCUT2D eigenvalue weighted by Crippen LogP contribution is -2.35. The van der Waals surface area contributed by atoms with Gasteiger partial charge in [-0.3, -0.25) is 4.79 Å². The molecule has 0 radical (unpaired) electrons. The quantitative estimate of drug-likeness (QED) is 0.660. The minimum atomic E-state index is -0.547. The number of nitrogens with zero attached hydrogens (tertiary/aromatic N) is 3. The number of hydrogen-bond acceptors (Lipinski definition) is 7. The Kier molecular flexibility index (Phi) is 5.76. The van der Waals surface area contributed by atoms with Crippen LogP contribution in [0, 0.1) is 17.2 Å². The fourth-order valence-electron chi connectivity index (χ4n) is 4.93. The van der Waals surface area contributed by atoms with Gasteiger partial charge in [0.1, 0.15) is 11.8 Å². The molecule has 4 atom stereocenters. The number of nitrogens with one attached hydrogen (secondary N) is 2. The van der Waals surface area contributed by atoms with Gasteiger partial charge in [-0.1, -0.05) is 24.3 Å². The number of amidine groups is 1. The van der Waals surface area contributed by atoms with Crippen LogP contribution in [0.4, 0.5) is 0 Å². The molecular weight excluding hydrogens is 430 g/mol. The number of carbonyl (C=O) groups is 1. The summed E-state index contributed by atoms with van der Waals surface area (Å²) >= 11 is 0. The summed E-state index contributed by atoms with van der Waals surface area (Å²) in [4.78, 5) is 24.3. The van der Waals surface area contributed by atoms with Crippen LogP contribution in [0.3, 0.4) is 0 Å². The number of rotatable bonds is 7. The minimum absolute atomic E-state index is 0.0160. The average molecular weight is 460 g/mol. The molecule has 2 aromatic carbocycles. The van der Waals surface area contributed by atoms with Gasteiger partial charge >= 0.3 is 0 Å². The van der Waals surface area contributed by atoms with Gasteiger partial charge in [0.2, 0.25) is 12.1 Å². The molecule has 0 saturated heterocycles. The summed E-state index contributed by atoms with van der Waals surface area (Å²) in [6.07, 6.45) is 0.546. The smallest absolute Gasteiger partial charge is 0.236 e. The topological polar surface area (TPSA) is 99.0 Å². The van der Waals surface area contributed by atoms with Gasteiger partial charge in [0, 0.05) is 31.3 Å². The molecule has 2 aliphatic carbocycles. The van der Waals surface area contributed by atoms with Crippen LogP contribution in [0.2, 0.25) is 0 Å². The third-order valence-electron chi connectivity index (χ3n) is 6.63. The van der Waals surface area contributed by atoms with Crippen LogP contribution in [-0.2, 0) is 9.63 Å². The first-order chi connectivity index (χ1) is 16.4. The van der Waals surface area contributed by atoms with Crippen LogP contribution < -0.4 is 15.5 Å². The molecule has 176 valence electrons. The zero-order valence-electron chi connectivity index (χ0n) is 19.8. The number of hydrogen-bond donors (Lipinski definition) is 2. The fourth-order valence-corrected chi connectivity index (χ4v) is 4.93. The highest BCUT2D eigenvalue weighted by Gasteiger charge is 2.53. The summed E-state index contributed by atoms with van der Waals surface area (Å²) < 4.78 is 5.72. The lowest BCUT2D eigenvalue weighted by molar-refractivity contribution is -0.127. The van der Waals surface area contributed by atoms with Crippen molar-refractivity contribution in [1.29, 1.82) is 5.26 Å². The second-order valence-corrected chi connectivity index (χ2v) is 9.55. The van der Waals surface area contributed by atoms with Crippen molar-refractivity contribution in [3.8, 4) is 11.8 Å². The van der Waals surface area contributed by atoms with Gasteiger partial charge in [0.15, 0.2) is 5.84 Å².